The first-order valence-electron chi connectivity index (χ1n) is 10.1. The second-order valence-electron chi connectivity index (χ2n) is 9.85. The molecule has 7 unspecified atom stereocenters. The summed E-state index contributed by atoms with van der Waals surface area (Å²) in [5.74, 6) is 9.76. The Labute approximate surface area is 132 Å². The van der Waals surface area contributed by atoms with Crippen LogP contribution in [0.25, 0.3) is 0 Å². The molecule has 0 heteroatoms. The van der Waals surface area contributed by atoms with Crippen LogP contribution in [0.4, 0.5) is 0 Å². The van der Waals surface area contributed by atoms with Crippen LogP contribution in [0.1, 0.15) is 78.6 Å². The molecule has 21 heavy (non-hydrogen) atoms. The molecule has 0 bridgehead atoms. The summed E-state index contributed by atoms with van der Waals surface area (Å²) >= 11 is 0. The Bertz CT molecular complexity index is 362. The molecule has 4 aliphatic carbocycles. The zero-order valence-corrected chi connectivity index (χ0v) is 14.6. The van der Waals surface area contributed by atoms with Crippen molar-refractivity contribution in [3.05, 3.63) is 0 Å². The minimum absolute atomic E-state index is 0.998. The van der Waals surface area contributed by atoms with Gasteiger partial charge in [-0.2, -0.15) is 0 Å². The van der Waals surface area contributed by atoms with Gasteiger partial charge in [0.1, 0.15) is 0 Å². The Morgan fingerprint density at radius 1 is 0.524 bits per heavy atom. The molecular formula is C21H36. The van der Waals surface area contributed by atoms with E-state index >= 15 is 0 Å². The molecule has 4 rings (SSSR count). The summed E-state index contributed by atoms with van der Waals surface area (Å²) in [6, 6.07) is 0. The summed E-state index contributed by atoms with van der Waals surface area (Å²) in [7, 11) is 0. The minimum Gasteiger partial charge on any atom is -0.0625 e. The molecule has 0 aromatic carbocycles. The van der Waals surface area contributed by atoms with Gasteiger partial charge in [-0.1, -0.05) is 33.6 Å². The zero-order valence-electron chi connectivity index (χ0n) is 14.6. The van der Waals surface area contributed by atoms with Crippen LogP contribution in [0.15, 0.2) is 0 Å². The van der Waals surface area contributed by atoms with Crippen molar-refractivity contribution in [2.75, 3.05) is 0 Å². The number of rotatable bonds is 1. The number of hydrogen-bond donors (Lipinski definition) is 0. The predicted octanol–water partition coefficient (Wildman–Crippen LogP) is 6.16. The van der Waals surface area contributed by atoms with Gasteiger partial charge in [0.05, 0.1) is 0 Å². The second-order valence-corrected chi connectivity index (χ2v) is 9.85. The van der Waals surface area contributed by atoms with Crippen LogP contribution in [0.3, 0.4) is 0 Å². The molecule has 0 saturated heterocycles. The summed E-state index contributed by atoms with van der Waals surface area (Å²) in [6.45, 7) is 7.61. The SMILES string of the molecule is CC1CC(C)CC([C@H]2C3CCCC3CC3CC(C)CC32)C1. The first-order chi connectivity index (χ1) is 10.1. The molecule has 0 N–H and O–H groups in total. The summed E-state index contributed by atoms with van der Waals surface area (Å²) in [6.07, 6.45) is 14.1. The van der Waals surface area contributed by atoms with Gasteiger partial charge in [-0.3, -0.25) is 0 Å². The summed E-state index contributed by atoms with van der Waals surface area (Å²) in [5.41, 5.74) is 0. The highest BCUT2D eigenvalue weighted by molar-refractivity contribution is 5.01. The number of fused-ring (bicyclic) bond motifs is 2. The Balaban J connectivity index is 1.59. The van der Waals surface area contributed by atoms with E-state index in [1.807, 2.05) is 0 Å². The third kappa shape index (κ3) is 2.59. The van der Waals surface area contributed by atoms with E-state index in [1.165, 1.54) is 6.42 Å². The minimum atomic E-state index is 0.998. The van der Waals surface area contributed by atoms with Crippen molar-refractivity contribution in [3.63, 3.8) is 0 Å². The van der Waals surface area contributed by atoms with Gasteiger partial charge in [-0.05, 0) is 98.2 Å². The van der Waals surface area contributed by atoms with E-state index in [4.69, 9.17) is 0 Å². The first kappa shape index (κ1) is 14.6. The van der Waals surface area contributed by atoms with Gasteiger partial charge in [0, 0.05) is 0 Å². The lowest BCUT2D eigenvalue weighted by molar-refractivity contribution is 0.000203. The van der Waals surface area contributed by atoms with Gasteiger partial charge >= 0.3 is 0 Å². The van der Waals surface area contributed by atoms with E-state index in [-0.39, 0.29) is 0 Å². The Hall–Kier alpha value is 0. The molecule has 0 nitrogen and oxygen atoms in total. The maximum Gasteiger partial charge on any atom is -0.0323 e. The molecule has 0 heterocycles. The van der Waals surface area contributed by atoms with Crippen molar-refractivity contribution in [2.45, 2.75) is 78.6 Å². The largest absolute Gasteiger partial charge is 0.0625 e. The van der Waals surface area contributed by atoms with Crippen LogP contribution in [0.2, 0.25) is 0 Å². The molecule has 8 atom stereocenters. The Morgan fingerprint density at radius 3 is 1.95 bits per heavy atom. The van der Waals surface area contributed by atoms with Crippen molar-refractivity contribution in [1.82, 2.24) is 0 Å². The second kappa shape index (κ2) is 5.57. The maximum atomic E-state index is 2.54. The van der Waals surface area contributed by atoms with Crippen LogP contribution >= 0.6 is 0 Å². The summed E-state index contributed by atoms with van der Waals surface area (Å²) in [4.78, 5) is 0. The average Bonchev–Trinajstić information content (AvgIpc) is 2.98. The molecule has 4 fully saturated rings. The summed E-state index contributed by atoms with van der Waals surface area (Å²) in [5, 5.41) is 0. The van der Waals surface area contributed by atoms with Crippen molar-refractivity contribution in [1.29, 1.82) is 0 Å². The van der Waals surface area contributed by atoms with Gasteiger partial charge in [0.15, 0.2) is 0 Å². The Morgan fingerprint density at radius 2 is 1.19 bits per heavy atom. The number of hydrogen-bond acceptors (Lipinski definition) is 0. The van der Waals surface area contributed by atoms with Crippen LogP contribution in [0, 0.1) is 53.3 Å². The molecular weight excluding hydrogens is 252 g/mol. The van der Waals surface area contributed by atoms with E-state index in [1.54, 1.807) is 51.4 Å². The fraction of sp³-hybridized carbons (Fsp3) is 1.00. The van der Waals surface area contributed by atoms with Gasteiger partial charge in [-0.15, -0.1) is 0 Å². The van der Waals surface area contributed by atoms with E-state index < -0.39 is 0 Å². The lowest BCUT2D eigenvalue weighted by Gasteiger charge is -2.49. The maximum absolute atomic E-state index is 2.54. The lowest BCUT2D eigenvalue weighted by atomic mass is 9.56. The molecule has 120 valence electrons. The fourth-order valence-electron chi connectivity index (χ4n) is 7.78. The van der Waals surface area contributed by atoms with E-state index in [2.05, 4.69) is 20.8 Å². The van der Waals surface area contributed by atoms with E-state index in [0.717, 1.165) is 53.3 Å². The van der Waals surface area contributed by atoms with Crippen LogP contribution in [-0.4, -0.2) is 0 Å². The predicted molar refractivity (Wildman–Crippen MR) is 90.0 cm³/mol. The van der Waals surface area contributed by atoms with E-state index in [0.29, 0.717) is 0 Å². The van der Waals surface area contributed by atoms with Crippen molar-refractivity contribution < 1.29 is 0 Å². The molecule has 0 amide bonds. The van der Waals surface area contributed by atoms with Crippen LogP contribution < -0.4 is 0 Å². The lowest BCUT2D eigenvalue weighted by Crippen LogP contribution is -2.42. The zero-order chi connectivity index (χ0) is 14.6. The van der Waals surface area contributed by atoms with Crippen molar-refractivity contribution >= 4 is 0 Å². The van der Waals surface area contributed by atoms with Gasteiger partial charge in [0.25, 0.3) is 0 Å². The quantitative estimate of drug-likeness (QED) is 0.542. The Kier molecular flexibility index (Phi) is 3.87. The standard InChI is InChI=1S/C21H36/c1-13-7-14(2)10-18(9-13)21-19-6-4-5-16(19)12-17-8-15(3)11-20(17)21/h13-21H,4-12H2,1-3H3/t13?,14?,15?,16?,17?,18?,19?,20?,21-/m0/s1. The molecule has 0 aromatic rings. The van der Waals surface area contributed by atoms with E-state index in [9.17, 15) is 0 Å². The smallest absolute Gasteiger partial charge is 0.0323 e. The highest BCUT2D eigenvalue weighted by Gasteiger charge is 2.51. The molecule has 4 aliphatic rings. The summed E-state index contributed by atoms with van der Waals surface area (Å²) < 4.78 is 0. The normalized spacial score (nSPS) is 57.0. The van der Waals surface area contributed by atoms with Crippen molar-refractivity contribution in [3.8, 4) is 0 Å². The third-order valence-electron chi connectivity index (χ3n) is 8.06. The van der Waals surface area contributed by atoms with Gasteiger partial charge in [0.2, 0.25) is 0 Å². The molecule has 0 spiro atoms. The third-order valence-corrected chi connectivity index (χ3v) is 8.06. The van der Waals surface area contributed by atoms with Gasteiger partial charge < -0.3 is 0 Å². The molecule has 0 aromatic heterocycles. The first-order valence-corrected chi connectivity index (χ1v) is 10.1. The highest BCUT2D eigenvalue weighted by atomic mass is 14.6. The van der Waals surface area contributed by atoms with Crippen LogP contribution in [0.5, 0.6) is 0 Å². The monoisotopic (exact) mass is 288 g/mol. The van der Waals surface area contributed by atoms with Crippen molar-refractivity contribution in [2.24, 2.45) is 53.3 Å². The average molecular weight is 289 g/mol. The van der Waals surface area contributed by atoms with Crippen LogP contribution in [-0.2, 0) is 0 Å². The highest BCUT2D eigenvalue weighted by Crippen LogP contribution is 2.60. The van der Waals surface area contributed by atoms with Gasteiger partial charge in [-0.25, -0.2) is 0 Å². The topological polar surface area (TPSA) is 0 Å². The molecule has 0 radical (unpaired) electrons. The fourth-order valence-corrected chi connectivity index (χ4v) is 7.78. The molecule has 0 aliphatic heterocycles. The molecule has 4 saturated carbocycles.